The summed E-state index contributed by atoms with van der Waals surface area (Å²) < 4.78 is 1.18. The van der Waals surface area contributed by atoms with Crippen LogP contribution in [-0.2, 0) is 0 Å². The van der Waals surface area contributed by atoms with Gasteiger partial charge in [-0.2, -0.15) is 5.10 Å². The summed E-state index contributed by atoms with van der Waals surface area (Å²) >= 11 is 1.65. The van der Waals surface area contributed by atoms with Crippen LogP contribution in [0.15, 0.2) is 53.6 Å². The molecule has 24 heavy (non-hydrogen) atoms. The fraction of sp³-hybridized carbons (Fsp3) is 0.263. The average molecular weight is 338 g/mol. The Kier molecular flexibility index (Phi) is 5.11. The van der Waals surface area contributed by atoms with Gasteiger partial charge in [0.25, 0.3) is 0 Å². The van der Waals surface area contributed by atoms with Crippen LogP contribution in [0, 0.1) is 0 Å². The van der Waals surface area contributed by atoms with E-state index in [4.69, 9.17) is 0 Å². The van der Waals surface area contributed by atoms with Crippen LogP contribution in [0.3, 0.4) is 0 Å². The Hall–Kier alpha value is -2.40. The Bertz CT molecular complexity index is 786. The third-order valence-electron chi connectivity index (χ3n) is 3.96. The maximum atomic E-state index is 4.61. The van der Waals surface area contributed by atoms with Gasteiger partial charge in [0.1, 0.15) is 0 Å². The second kappa shape index (κ2) is 7.45. The van der Waals surface area contributed by atoms with Gasteiger partial charge in [0.2, 0.25) is 5.13 Å². The van der Waals surface area contributed by atoms with Crippen molar-refractivity contribution in [2.75, 3.05) is 30.0 Å². The first-order valence-corrected chi connectivity index (χ1v) is 9.01. The van der Waals surface area contributed by atoms with E-state index in [-0.39, 0.29) is 0 Å². The van der Waals surface area contributed by atoms with Gasteiger partial charge in [-0.1, -0.05) is 35.6 Å². The zero-order valence-electron chi connectivity index (χ0n) is 14.3. The molecule has 0 radical (unpaired) electrons. The predicted molar refractivity (Wildman–Crippen MR) is 106 cm³/mol. The van der Waals surface area contributed by atoms with Gasteiger partial charge < -0.3 is 4.90 Å². The summed E-state index contributed by atoms with van der Waals surface area (Å²) in [7, 11) is 1.93. The van der Waals surface area contributed by atoms with Gasteiger partial charge in [-0.3, -0.25) is 0 Å². The molecule has 0 fully saturated rings. The van der Waals surface area contributed by atoms with Gasteiger partial charge in [0.15, 0.2) is 0 Å². The molecule has 0 bridgehead atoms. The first-order chi connectivity index (χ1) is 11.7. The number of hydrogen-bond acceptors (Lipinski definition) is 5. The van der Waals surface area contributed by atoms with Crippen LogP contribution in [0.1, 0.15) is 19.4 Å². The number of anilines is 2. The molecule has 0 aliphatic heterocycles. The minimum Gasteiger partial charge on any atom is -0.372 e. The van der Waals surface area contributed by atoms with Crippen molar-refractivity contribution in [2.45, 2.75) is 13.8 Å². The molecular formula is C19H22N4S. The van der Waals surface area contributed by atoms with Gasteiger partial charge in [0.05, 0.1) is 16.4 Å². The van der Waals surface area contributed by atoms with E-state index in [1.807, 2.05) is 36.5 Å². The summed E-state index contributed by atoms with van der Waals surface area (Å²) in [5, 5.41) is 7.24. The number of nitrogens with zero attached hydrogens (tertiary/aromatic N) is 4. The molecule has 3 aromatic rings. The van der Waals surface area contributed by atoms with Crippen molar-refractivity contribution >= 4 is 38.6 Å². The largest absolute Gasteiger partial charge is 0.372 e. The Labute approximate surface area is 147 Å². The highest BCUT2D eigenvalue weighted by molar-refractivity contribution is 7.22. The van der Waals surface area contributed by atoms with Crippen molar-refractivity contribution in [2.24, 2.45) is 5.10 Å². The van der Waals surface area contributed by atoms with Gasteiger partial charge in [-0.25, -0.2) is 9.99 Å². The summed E-state index contributed by atoms with van der Waals surface area (Å²) in [4.78, 5) is 6.94. The molecule has 0 amide bonds. The highest BCUT2D eigenvalue weighted by Gasteiger charge is 2.06. The standard InChI is InChI=1S/C19H22N4S/c1-4-23(5-2)16-12-10-15(11-13-16)14-20-22(3)19-21-17-8-6-7-9-18(17)24-19/h6-14H,4-5H2,1-3H3/b20-14+. The van der Waals surface area contributed by atoms with E-state index in [1.54, 1.807) is 11.3 Å². The quantitative estimate of drug-likeness (QED) is 0.486. The predicted octanol–water partition coefficient (Wildman–Crippen LogP) is 4.61. The molecule has 3 rings (SSSR count). The molecule has 2 aromatic carbocycles. The third-order valence-corrected chi connectivity index (χ3v) is 5.06. The van der Waals surface area contributed by atoms with Crippen LogP contribution in [0.25, 0.3) is 10.2 Å². The number of fused-ring (bicyclic) bond motifs is 1. The van der Waals surface area contributed by atoms with Crippen molar-refractivity contribution in [3.05, 3.63) is 54.1 Å². The van der Waals surface area contributed by atoms with Crippen LogP contribution in [0.5, 0.6) is 0 Å². The molecular weight excluding hydrogens is 316 g/mol. The molecule has 0 atom stereocenters. The Morgan fingerprint density at radius 1 is 1.04 bits per heavy atom. The zero-order valence-corrected chi connectivity index (χ0v) is 15.1. The summed E-state index contributed by atoms with van der Waals surface area (Å²) in [6, 6.07) is 16.6. The molecule has 0 aliphatic carbocycles. The number of para-hydroxylation sites is 1. The molecule has 0 spiro atoms. The molecule has 5 heteroatoms. The second-order valence-corrected chi connectivity index (χ2v) is 6.51. The lowest BCUT2D eigenvalue weighted by molar-refractivity contribution is 0.866. The lowest BCUT2D eigenvalue weighted by Gasteiger charge is -2.20. The maximum absolute atomic E-state index is 4.61. The fourth-order valence-electron chi connectivity index (χ4n) is 2.56. The minimum atomic E-state index is 0.896. The molecule has 0 unspecified atom stereocenters. The number of hydrogen-bond donors (Lipinski definition) is 0. The maximum Gasteiger partial charge on any atom is 0.206 e. The average Bonchev–Trinajstić information content (AvgIpc) is 3.06. The highest BCUT2D eigenvalue weighted by Crippen LogP contribution is 2.27. The third kappa shape index (κ3) is 3.57. The summed E-state index contributed by atoms with van der Waals surface area (Å²) in [6.07, 6.45) is 1.87. The first kappa shape index (κ1) is 16.5. The summed E-state index contributed by atoms with van der Waals surface area (Å²) in [5.41, 5.74) is 3.35. The normalized spacial score (nSPS) is 11.3. The minimum absolute atomic E-state index is 0.896. The smallest absolute Gasteiger partial charge is 0.206 e. The van der Waals surface area contributed by atoms with Gasteiger partial charge >= 0.3 is 0 Å². The number of rotatable bonds is 6. The molecule has 1 heterocycles. The van der Waals surface area contributed by atoms with E-state index in [0.29, 0.717) is 0 Å². The Morgan fingerprint density at radius 2 is 1.75 bits per heavy atom. The lowest BCUT2D eigenvalue weighted by Crippen LogP contribution is -2.21. The van der Waals surface area contributed by atoms with E-state index >= 15 is 0 Å². The van der Waals surface area contributed by atoms with Crippen molar-refractivity contribution in [1.82, 2.24) is 4.98 Å². The van der Waals surface area contributed by atoms with Crippen molar-refractivity contribution in [3.63, 3.8) is 0 Å². The van der Waals surface area contributed by atoms with Crippen LogP contribution in [-0.4, -0.2) is 31.3 Å². The lowest BCUT2D eigenvalue weighted by atomic mass is 10.2. The zero-order chi connectivity index (χ0) is 16.9. The van der Waals surface area contributed by atoms with E-state index in [1.165, 1.54) is 10.4 Å². The number of hydrazone groups is 1. The van der Waals surface area contributed by atoms with Crippen molar-refractivity contribution < 1.29 is 0 Å². The molecule has 4 nitrogen and oxygen atoms in total. The van der Waals surface area contributed by atoms with Crippen molar-refractivity contribution in [3.8, 4) is 0 Å². The molecule has 124 valence electrons. The van der Waals surface area contributed by atoms with E-state index in [9.17, 15) is 0 Å². The molecule has 0 aliphatic rings. The monoisotopic (exact) mass is 338 g/mol. The Balaban J connectivity index is 1.72. The number of aromatic nitrogens is 1. The molecule has 0 saturated carbocycles. The summed E-state index contributed by atoms with van der Waals surface area (Å²) in [6.45, 7) is 6.38. The van der Waals surface area contributed by atoms with Crippen LogP contribution < -0.4 is 9.91 Å². The van der Waals surface area contributed by atoms with Crippen LogP contribution in [0.2, 0.25) is 0 Å². The van der Waals surface area contributed by atoms with Gasteiger partial charge in [-0.05, 0) is 43.7 Å². The molecule has 0 saturated heterocycles. The number of benzene rings is 2. The second-order valence-electron chi connectivity index (χ2n) is 5.50. The topological polar surface area (TPSA) is 31.7 Å². The fourth-order valence-corrected chi connectivity index (χ4v) is 3.45. The SMILES string of the molecule is CCN(CC)c1ccc(/C=N/N(C)c2nc3ccccc3s2)cc1. The van der Waals surface area contributed by atoms with Gasteiger partial charge in [-0.15, -0.1) is 0 Å². The highest BCUT2D eigenvalue weighted by atomic mass is 32.1. The van der Waals surface area contributed by atoms with E-state index < -0.39 is 0 Å². The van der Waals surface area contributed by atoms with Crippen LogP contribution >= 0.6 is 11.3 Å². The number of thiazole rings is 1. The van der Waals surface area contributed by atoms with Gasteiger partial charge in [0, 0.05) is 25.8 Å². The van der Waals surface area contributed by atoms with Crippen LogP contribution in [0.4, 0.5) is 10.8 Å². The first-order valence-electron chi connectivity index (χ1n) is 8.19. The van der Waals surface area contributed by atoms with E-state index in [0.717, 1.165) is 29.3 Å². The van der Waals surface area contributed by atoms with E-state index in [2.05, 4.69) is 59.2 Å². The molecule has 1 aromatic heterocycles. The van der Waals surface area contributed by atoms with Crippen molar-refractivity contribution in [1.29, 1.82) is 0 Å². The summed E-state index contributed by atoms with van der Waals surface area (Å²) in [5.74, 6) is 0. The Morgan fingerprint density at radius 3 is 2.42 bits per heavy atom. The molecule has 0 N–H and O–H groups in total.